The van der Waals surface area contributed by atoms with Crippen LogP contribution in [0.5, 0.6) is 0 Å². The Morgan fingerprint density at radius 1 is 0.330 bits per heavy atom. The van der Waals surface area contributed by atoms with Crippen molar-refractivity contribution >= 4 is 147 Å². The normalized spacial score (nSPS) is 13.1. The topological polar surface area (TPSA) is 65.5 Å². The Labute approximate surface area is 556 Å². The van der Waals surface area contributed by atoms with Gasteiger partial charge < -0.3 is 37.3 Å². The SMILES string of the molecule is CC(C)(C)c1ccc(N(c2cccc(N(c3ccc(C(C)(C)C)cc3)c3coc4ccccc34)c2Cl)c2coc3ccccc23)cc1.CC(C)(C)c1ccc(N2c3cccc4c3B(c3oc5ccccc5c32)c2oc3ccccc3c2N4c2ccc(C(C)(C)C)cc2)cc1. The van der Waals surface area contributed by atoms with E-state index in [1.165, 1.54) is 27.7 Å². The number of nitrogens with zero attached hydrogens (tertiary/aromatic N) is 4. The van der Waals surface area contributed by atoms with E-state index in [2.05, 4.69) is 297 Å². The van der Waals surface area contributed by atoms with Crippen molar-refractivity contribution in [1.29, 1.82) is 0 Å². The van der Waals surface area contributed by atoms with E-state index in [0.717, 1.165) is 123 Å². The van der Waals surface area contributed by atoms with E-state index < -0.39 is 0 Å². The summed E-state index contributed by atoms with van der Waals surface area (Å²) < 4.78 is 25.9. The summed E-state index contributed by atoms with van der Waals surface area (Å²) in [5.74, 6) is 0. The maximum Gasteiger partial charge on any atom is 0.342 e. The molecule has 14 aromatic rings. The lowest BCUT2D eigenvalue weighted by molar-refractivity contribution is 0.590. The minimum Gasteiger partial charge on any atom is -0.468 e. The van der Waals surface area contributed by atoms with E-state index in [0.29, 0.717) is 5.02 Å². The second-order valence-electron chi connectivity index (χ2n) is 29.1. The summed E-state index contributed by atoms with van der Waals surface area (Å²) in [5.41, 5.74) is 23.8. The van der Waals surface area contributed by atoms with Crippen molar-refractivity contribution in [1.82, 2.24) is 0 Å². The van der Waals surface area contributed by atoms with E-state index in [-0.39, 0.29) is 28.4 Å². The van der Waals surface area contributed by atoms with E-state index in [9.17, 15) is 0 Å². The van der Waals surface area contributed by atoms with Gasteiger partial charge in [0, 0.05) is 55.7 Å². The Kier molecular flexibility index (Phi) is 14.5. The molecule has 0 N–H and O–H groups in total. The van der Waals surface area contributed by atoms with Crippen molar-refractivity contribution in [2.75, 3.05) is 19.6 Å². The number of para-hydroxylation sites is 4. The molecule has 0 radical (unpaired) electrons. The molecule has 0 bridgehead atoms. The summed E-state index contributed by atoms with van der Waals surface area (Å²) in [4.78, 5) is 9.19. The van der Waals surface area contributed by atoms with Gasteiger partial charge in [-0.25, -0.2) is 0 Å². The quantitative estimate of drug-likeness (QED) is 0.139. The summed E-state index contributed by atoms with van der Waals surface area (Å²) in [6, 6.07) is 81.4. The Hall–Kier alpha value is -10.1. The molecule has 10 aromatic carbocycles. The number of hydrogen-bond acceptors (Lipinski definition) is 8. The highest BCUT2D eigenvalue weighted by Crippen LogP contribution is 2.52. The molecule has 6 heterocycles. The fraction of sp³-hybridized carbons (Fsp3) is 0.190. The molecule has 466 valence electrons. The molecule has 0 saturated heterocycles. The molecular formula is C84H76BClN4O4. The van der Waals surface area contributed by atoms with Gasteiger partial charge in [-0.3, -0.25) is 0 Å². The molecule has 0 unspecified atom stereocenters. The molecule has 4 aromatic heterocycles. The first kappa shape index (κ1) is 60.2. The first-order chi connectivity index (χ1) is 45.1. The molecule has 8 nitrogen and oxygen atoms in total. The van der Waals surface area contributed by atoms with Crippen LogP contribution in [0.25, 0.3) is 43.9 Å². The summed E-state index contributed by atoms with van der Waals surface area (Å²) in [6.45, 7) is 26.7. The number of hydrogen-bond donors (Lipinski definition) is 0. The molecule has 0 atom stereocenters. The van der Waals surface area contributed by atoms with Crippen LogP contribution in [0.4, 0.5) is 68.2 Å². The fourth-order valence-corrected chi connectivity index (χ4v) is 14.0. The minimum atomic E-state index is -0.207. The monoisotopic (exact) mass is 1250 g/mol. The Morgan fingerprint density at radius 3 is 1.01 bits per heavy atom. The molecule has 0 fully saturated rings. The van der Waals surface area contributed by atoms with Crippen LogP contribution >= 0.6 is 11.6 Å². The molecule has 10 heteroatoms. The highest BCUT2D eigenvalue weighted by atomic mass is 35.5. The van der Waals surface area contributed by atoms with Crippen molar-refractivity contribution in [2.45, 2.75) is 105 Å². The summed E-state index contributed by atoms with van der Waals surface area (Å²) in [7, 11) is 0. The lowest BCUT2D eigenvalue weighted by Crippen LogP contribution is -2.60. The second-order valence-corrected chi connectivity index (χ2v) is 29.5. The van der Waals surface area contributed by atoms with Crippen LogP contribution in [0, 0.1) is 0 Å². The summed E-state index contributed by atoms with van der Waals surface area (Å²) >= 11 is 7.60. The first-order valence-electron chi connectivity index (χ1n) is 32.6. The van der Waals surface area contributed by atoms with Crippen molar-refractivity contribution in [3.05, 3.63) is 270 Å². The Bertz CT molecular complexity index is 4850. The molecule has 2 aliphatic rings. The van der Waals surface area contributed by atoms with Gasteiger partial charge in [-0.2, -0.15) is 0 Å². The van der Waals surface area contributed by atoms with Gasteiger partial charge in [-0.15, -0.1) is 0 Å². The van der Waals surface area contributed by atoms with Crippen LogP contribution < -0.4 is 36.4 Å². The molecule has 94 heavy (non-hydrogen) atoms. The maximum atomic E-state index is 7.60. The third-order valence-electron chi connectivity index (χ3n) is 18.8. The Balaban J connectivity index is 0.000000155. The van der Waals surface area contributed by atoms with Crippen LogP contribution in [-0.4, -0.2) is 6.71 Å². The highest BCUT2D eigenvalue weighted by molar-refractivity contribution is 6.99. The largest absolute Gasteiger partial charge is 0.468 e. The fourth-order valence-electron chi connectivity index (χ4n) is 13.7. The smallest absolute Gasteiger partial charge is 0.342 e. The minimum absolute atomic E-state index is 0.0274. The highest BCUT2D eigenvalue weighted by Gasteiger charge is 2.49. The van der Waals surface area contributed by atoms with Crippen molar-refractivity contribution < 1.29 is 17.7 Å². The maximum absolute atomic E-state index is 7.60. The van der Waals surface area contributed by atoms with E-state index in [1.807, 2.05) is 48.9 Å². The van der Waals surface area contributed by atoms with Crippen LogP contribution in [0.15, 0.2) is 261 Å². The molecule has 0 aliphatic carbocycles. The van der Waals surface area contributed by atoms with Gasteiger partial charge >= 0.3 is 6.71 Å². The van der Waals surface area contributed by atoms with Crippen molar-refractivity contribution in [3.63, 3.8) is 0 Å². The molecule has 0 spiro atoms. The lowest BCUT2D eigenvalue weighted by atomic mass is 9.37. The van der Waals surface area contributed by atoms with Crippen LogP contribution in [-0.2, 0) is 21.7 Å². The number of furan rings is 4. The van der Waals surface area contributed by atoms with Gasteiger partial charge in [0.1, 0.15) is 46.2 Å². The second kappa shape index (κ2) is 22.6. The third-order valence-corrected chi connectivity index (χ3v) is 19.2. The number of anilines is 12. The van der Waals surface area contributed by atoms with Gasteiger partial charge in [0.05, 0.1) is 39.1 Å². The van der Waals surface area contributed by atoms with Crippen molar-refractivity contribution in [2.24, 2.45) is 0 Å². The third kappa shape index (κ3) is 10.3. The average Bonchev–Trinajstić information content (AvgIpc) is 1.43. The summed E-state index contributed by atoms with van der Waals surface area (Å²) in [6.07, 6.45) is 3.63. The summed E-state index contributed by atoms with van der Waals surface area (Å²) in [5, 5.41) is 4.80. The van der Waals surface area contributed by atoms with Gasteiger partial charge in [-0.1, -0.05) is 204 Å². The van der Waals surface area contributed by atoms with Crippen molar-refractivity contribution in [3.8, 4) is 0 Å². The van der Waals surface area contributed by atoms with E-state index >= 15 is 0 Å². The first-order valence-corrected chi connectivity index (χ1v) is 33.0. The van der Waals surface area contributed by atoms with Gasteiger partial charge in [-0.05, 0) is 171 Å². The van der Waals surface area contributed by atoms with Gasteiger partial charge in [0.25, 0.3) is 0 Å². The standard InChI is InChI=1S/C42H37BN2O2.C42H39ClN2O2/c1-41(2,3)26-18-22-28(23-19-26)44-32-14-11-15-33-36(32)43(39-37(44)30-12-7-9-16-34(30)46-39)40-38(31-13-8-10-17-35(31)47-40)45(33)29-24-20-27(21-25-29)42(4,5)6;1-41(2,3)28-18-22-30(23-19-28)44(36-26-46-38-16-9-7-12-32(36)38)34-14-11-15-35(40(34)43)45(31-24-20-29(21-25-31)42(4,5)6)37-27-47-39-17-10-8-13-33(37)39/h7-25H,1-6H3;7-27H,1-6H3. The van der Waals surface area contributed by atoms with Crippen LogP contribution in [0.3, 0.4) is 0 Å². The Morgan fingerprint density at radius 2 is 0.649 bits per heavy atom. The number of rotatable bonds is 8. The zero-order chi connectivity index (χ0) is 65.2. The van der Waals surface area contributed by atoms with E-state index in [1.54, 1.807) is 0 Å². The molecule has 2 aliphatic heterocycles. The lowest BCUT2D eigenvalue weighted by Gasteiger charge is -2.40. The molecular weight excluding hydrogens is 1180 g/mol. The zero-order valence-electron chi connectivity index (χ0n) is 55.5. The molecule has 0 saturated carbocycles. The van der Waals surface area contributed by atoms with Crippen LogP contribution in [0.1, 0.15) is 105 Å². The number of benzene rings is 10. The van der Waals surface area contributed by atoms with Gasteiger partial charge in [0.2, 0.25) is 0 Å². The van der Waals surface area contributed by atoms with Crippen LogP contribution in [0.2, 0.25) is 5.02 Å². The zero-order valence-corrected chi connectivity index (χ0v) is 56.2. The predicted molar refractivity (Wildman–Crippen MR) is 395 cm³/mol. The average molecular weight is 1250 g/mol. The predicted octanol–water partition coefficient (Wildman–Crippen LogP) is 23.2. The van der Waals surface area contributed by atoms with E-state index in [4.69, 9.17) is 29.3 Å². The number of fused-ring (bicyclic) bond motifs is 10. The number of halogens is 1. The molecule has 16 rings (SSSR count). The van der Waals surface area contributed by atoms with Gasteiger partial charge in [0.15, 0.2) is 0 Å². The molecule has 0 amide bonds.